The quantitative estimate of drug-likeness (QED) is 0.791. The molecule has 0 bridgehead atoms. The Hall–Kier alpha value is -2.56. The second-order valence-corrected chi connectivity index (χ2v) is 7.00. The zero-order valence-electron chi connectivity index (χ0n) is 15.4. The van der Waals surface area contributed by atoms with Crippen LogP contribution in [-0.4, -0.2) is 21.7 Å². The van der Waals surface area contributed by atoms with E-state index in [1.54, 1.807) is 6.20 Å². The second-order valence-electron chi connectivity index (χ2n) is 7.00. The first-order valence-electron chi connectivity index (χ1n) is 9.32. The highest BCUT2D eigenvalue weighted by atomic mass is 16.1. The molecule has 2 aromatic rings. The van der Waals surface area contributed by atoms with Gasteiger partial charge in [0.05, 0.1) is 11.3 Å². The molecular formula is C21H25N3O2. The van der Waals surface area contributed by atoms with Crippen LogP contribution in [0.3, 0.4) is 0 Å². The predicted molar refractivity (Wildman–Crippen MR) is 101 cm³/mol. The van der Waals surface area contributed by atoms with Gasteiger partial charge in [0.2, 0.25) is 11.9 Å². The van der Waals surface area contributed by atoms with Crippen molar-refractivity contribution in [1.82, 2.24) is 9.97 Å². The molecule has 5 heteroatoms. The van der Waals surface area contributed by atoms with E-state index in [4.69, 9.17) is 0 Å². The minimum atomic E-state index is -0.0735. The number of aromatic nitrogens is 2. The topological polar surface area (TPSA) is 72.0 Å². The van der Waals surface area contributed by atoms with Crippen molar-refractivity contribution >= 4 is 17.6 Å². The highest BCUT2D eigenvalue weighted by molar-refractivity contribution is 5.98. The molecule has 1 heterocycles. The van der Waals surface area contributed by atoms with Gasteiger partial charge in [0, 0.05) is 19.0 Å². The van der Waals surface area contributed by atoms with Gasteiger partial charge in [-0.3, -0.25) is 14.9 Å². The van der Waals surface area contributed by atoms with Gasteiger partial charge in [-0.05, 0) is 31.2 Å². The molecule has 0 aliphatic heterocycles. The molecule has 0 saturated carbocycles. The first-order valence-corrected chi connectivity index (χ1v) is 9.32. The van der Waals surface area contributed by atoms with Crippen LogP contribution in [0, 0.1) is 6.92 Å². The van der Waals surface area contributed by atoms with E-state index in [0.29, 0.717) is 30.8 Å². The third-order valence-electron chi connectivity index (χ3n) is 4.85. The highest BCUT2D eigenvalue weighted by Crippen LogP contribution is 2.32. The molecule has 26 heavy (non-hydrogen) atoms. The maximum Gasteiger partial charge on any atom is 0.229 e. The van der Waals surface area contributed by atoms with E-state index >= 15 is 0 Å². The number of benzene rings is 1. The summed E-state index contributed by atoms with van der Waals surface area (Å²) in [6.45, 7) is 4.15. The summed E-state index contributed by atoms with van der Waals surface area (Å²) in [5.41, 5.74) is 3.66. The van der Waals surface area contributed by atoms with Crippen molar-refractivity contribution in [2.75, 3.05) is 5.32 Å². The molecule has 1 amide bonds. The third-order valence-corrected chi connectivity index (χ3v) is 4.85. The number of ketones is 1. The number of hydrogen-bond acceptors (Lipinski definition) is 4. The van der Waals surface area contributed by atoms with Gasteiger partial charge in [-0.2, -0.15) is 0 Å². The summed E-state index contributed by atoms with van der Waals surface area (Å²) in [5, 5.41) is 2.76. The van der Waals surface area contributed by atoms with Crippen molar-refractivity contribution in [2.45, 2.75) is 58.3 Å². The Balaban J connectivity index is 1.73. The molecule has 1 aliphatic carbocycles. The van der Waals surface area contributed by atoms with E-state index < -0.39 is 0 Å². The fourth-order valence-electron chi connectivity index (χ4n) is 3.30. The van der Waals surface area contributed by atoms with Gasteiger partial charge in [-0.15, -0.1) is 0 Å². The van der Waals surface area contributed by atoms with Crippen molar-refractivity contribution in [2.24, 2.45) is 0 Å². The number of fused-ring (bicyclic) bond motifs is 1. The Bertz CT molecular complexity index is 799. The Labute approximate surface area is 154 Å². The zero-order chi connectivity index (χ0) is 18.5. The lowest BCUT2D eigenvalue weighted by atomic mass is 9.82. The second kappa shape index (κ2) is 8.21. The van der Waals surface area contributed by atoms with Crippen LogP contribution < -0.4 is 5.32 Å². The van der Waals surface area contributed by atoms with E-state index in [9.17, 15) is 9.59 Å². The van der Waals surface area contributed by atoms with E-state index in [1.165, 1.54) is 5.56 Å². The Morgan fingerprint density at radius 2 is 1.96 bits per heavy atom. The summed E-state index contributed by atoms with van der Waals surface area (Å²) in [6, 6.07) is 8.29. The average Bonchev–Trinajstić information content (AvgIpc) is 2.62. The summed E-state index contributed by atoms with van der Waals surface area (Å²) < 4.78 is 0. The maximum atomic E-state index is 12.5. The summed E-state index contributed by atoms with van der Waals surface area (Å²) >= 11 is 0. The smallest absolute Gasteiger partial charge is 0.229 e. The first kappa shape index (κ1) is 18.2. The molecule has 3 rings (SSSR count). The molecular weight excluding hydrogens is 326 g/mol. The van der Waals surface area contributed by atoms with Crippen LogP contribution in [0.2, 0.25) is 0 Å². The van der Waals surface area contributed by atoms with Gasteiger partial charge >= 0.3 is 0 Å². The number of carbonyl (C=O) groups excluding carboxylic acids is 2. The molecule has 0 radical (unpaired) electrons. The SMILES string of the molecule is CCCCCC(=O)Nc1ncc2c(n1)C[C@@H](c1ccc(C)cc1)CC2=O. The lowest BCUT2D eigenvalue weighted by molar-refractivity contribution is -0.116. The highest BCUT2D eigenvalue weighted by Gasteiger charge is 2.28. The van der Waals surface area contributed by atoms with Gasteiger partial charge in [0.25, 0.3) is 0 Å². The molecule has 0 spiro atoms. The molecule has 1 aromatic carbocycles. The van der Waals surface area contributed by atoms with Crippen molar-refractivity contribution in [3.8, 4) is 0 Å². The van der Waals surface area contributed by atoms with E-state index in [0.717, 1.165) is 30.5 Å². The zero-order valence-corrected chi connectivity index (χ0v) is 15.4. The van der Waals surface area contributed by atoms with Gasteiger partial charge in [-0.1, -0.05) is 49.6 Å². The van der Waals surface area contributed by atoms with E-state index in [2.05, 4.69) is 46.5 Å². The molecule has 0 saturated heterocycles. The van der Waals surface area contributed by atoms with Gasteiger partial charge in [0.15, 0.2) is 5.78 Å². The Morgan fingerprint density at radius 3 is 2.69 bits per heavy atom. The van der Waals surface area contributed by atoms with Crippen LogP contribution in [0.1, 0.15) is 72.1 Å². The standard InChI is InChI=1S/C21H25N3O2/c1-3-4-5-6-20(26)24-21-22-13-17-18(23-21)11-16(12-19(17)25)15-9-7-14(2)8-10-15/h7-10,13,16H,3-6,11-12H2,1-2H3,(H,22,23,24,26)/t16-/m1/s1. The molecule has 136 valence electrons. The van der Waals surface area contributed by atoms with Crippen LogP contribution in [0.5, 0.6) is 0 Å². The molecule has 1 aromatic heterocycles. The summed E-state index contributed by atoms with van der Waals surface area (Å²) in [7, 11) is 0. The van der Waals surface area contributed by atoms with Crippen molar-refractivity contribution in [3.63, 3.8) is 0 Å². The lowest BCUT2D eigenvalue weighted by Gasteiger charge is -2.23. The lowest BCUT2D eigenvalue weighted by Crippen LogP contribution is -2.22. The fraction of sp³-hybridized carbons (Fsp3) is 0.429. The van der Waals surface area contributed by atoms with Gasteiger partial charge in [-0.25, -0.2) is 9.97 Å². The predicted octanol–water partition coefficient (Wildman–Crippen LogP) is 4.22. The number of nitrogens with zero attached hydrogens (tertiary/aromatic N) is 2. The van der Waals surface area contributed by atoms with Crippen LogP contribution in [0.15, 0.2) is 30.5 Å². The molecule has 1 N–H and O–H groups in total. The third kappa shape index (κ3) is 4.34. The van der Waals surface area contributed by atoms with Crippen LogP contribution in [-0.2, 0) is 11.2 Å². The van der Waals surface area contributed by atoms with Gasteiger partial charge in [0.1, 0.15) is 0 Å². The molecule has 0 unspecified atom stereocenters. The number of rotatable bonds is 6. The number of carbonyl (C=O) groups is 2. The number of anilines is 1. The van der Waals surface area contributed by atoms with Gasteiger partial charge < -0.3 is 0 Å². The number of Topliss-reactive ketones (excluding diaryl/α,β-unsaturated/α-hetero) is 1. The van der Waals surface area contributed by atoms with E-state index in [1.807, 2.05) is 6.92 Å². The summed E-state index contributed by atoms with van der Waals surface area (Å²) in [4.78, 5) is 33.1. The number of aryl methyl sites for hydroxylation is 1. The summed E-state index contributed by atoms with van der Waals surface area (Å²) in [5.74, 6) is 0.412. The van der Waals surface area contributed by atoms with Crippen molar-refractivity contribution in [1.29, 1.82) is 0 Å². The molecule has 5 nitrogen and oxygen atoms in total. The van der Waals surface area contributed by atoms with Crippen molar-refractivity contribution < 1.29 is 9.59 Å². The largest absolute Gasteiger partial charge is 0.295 e. The molecule has 0 fully saturated rings. The van der Waals surface area contributed by atoms with Crippen molar-refractivity contribution in [3.05, 3.63) is 52.8 Å². The minimum Gasteiger partial charge on any atom is -0.295 e. The number of unbranched alkanes of at least 4 members (excludes halogenated alkanes) is 2. The minimum absolute atomic E-state index is 0.0673. The van der Waals surface area contributed by atoms with Crippen LogP contribution in [0.4, 0.5) is 5.95 Å². The van der Waals surface area contributed by atoms with Crippen LogP contribution in [0.25, 0.3) is 0 Å². The van der Waals surface area contributed by atoms with E-state index in [-0.39, 0.29) is 17.6 Å². The number of amides is 1. The normalized spacial score (nSPS) is 16.2. The maximum absolute atomic E-state index is 12.5. The fourth-order valence-corrected chi connectivity index (χ4v) is 3.30. The molecule has 1 atom stereocenters. The first-order chi connectivity index (χ1) is 12.6. The summed E-state index contributed by atoms with van der Waals surface area (Å²) in [6.07, 6.45) is 6.15. The monoisotopic (exact) mass is 351 g/mol. The van der Waals surface area contributed by atoms with Crippen LogP contribution >= 0.6 is 0 Å². The Morgan fingerprint density at radius 1 is 1.19 bits per heavy atom. The number of hydrogen-bond donors (Lipinski definition) is 1. The molecule has 1 aliphatic rings. The Kier molecular flexibility index (Phi) is 5.76. The number of nitrogens with one attached hydrogen (secondary N) is 1. The average molecular weight is 351 g/mol.